The van der Waals surface area contributed by atoms with Gasteiger partial charge in [-0.15, -0.1) is 0 Å². The number of halogens is 1. The number of benzene rings is 1. The third-order valence-electron chi connectivity index (χ3n) is 2.41. The Balaban J connectivity index is 2.25. The standard InChI is InChI=1S/C12H8ClN3O4/c13-9-4-2-1-3-8(9)12(18)15-11-10(17)5-7(6-14-11)16(19)20/h1-6,17H,(H,14,15,18). The van der Waals surface area contributed by atoms with Crippen molar-refractivity contribution in [1.29, 1.82) is 0 Å². The number of nitrogens with one attached hydrogen (secondary N) is 1. The van der Waals surface area contributed by atoms with Gasteiger partial charge in [0.25, 0.3) is 11.6 Å². The van der Waals surface area contributed by atoms with Gasteiger partial charge in [0.2, 0.25) is 0 Å². The van der Waals surface area contributed by atoms with Crippen LogP contribution in [0.3, 0.4) is 0 Å². The number of rotatable bonds is 3. The van der Waals surface area contributed by atoms with Gasteiger partial charge in [0.1, 0.15) is 6.20 Å². The minimum atomic E-state index is -0.702. The summed E-state index contributed by atoms with van der Waals surface area (Å²) in [5.74, 6) is -1.26. The molecule has 0 fully saturated rings. The van der Waals surface area contributed by atoms with E-state index in [2.05, 4.69) is 10.3 Å². The van der Waals surface area contributed by atoms with E-state index >= 15 is 0 Å². The fourth-order valence-electron chi connectivity index (χ4n) is 1.46. The molecule has 0 aliphatic carbocycles. The molecule has 7 nitrogen and oxygen atoms in total. The highest BCUT2D eigenvalue weighted by molar-refractivity contribution is 6.34. The Bertz CT molecular complexity index is 690. The van der Waals surface area contributed by atoms with E-state index in [4.69, 9.17) is 11.6 Å². The third kappa shape index (κ3) is 2.83. The predicted octanol–water partition coefficient (Wildman–Crippen LogP) is 2.60. The molecular weight excluding hydrogens is 286 g/mol. The first-order chi connectivity index (χ1) is 9.49. The molecule has 0 aliphatic heterocycles. The van der Waals surface area contributed by atoms with Crippen molar-refractivity contribution in [3.63, 3.8) is 0 Å². The van der Waals surface area contributed by atoms with Crippen LogP contribution in [0.5, 0.6) is 5.75 Å². The van der Waals surface area contributed by atoms with Crippen molar-refractivity contribution in [3.05, 3.63) is 57.2 Å². The molecule has 2 rings (SSSR count). The molecule has 102 valence electrons. The van der Waals surface area contributed by atoms with Gasteiger partial charge in [0, 0.05) is 0 Å². The molecule has 1 amide bonds. The second kappa shape index (κ2) is 5.54. The second-order valence-corrected chi connectivity index (χ2v) is 4.16. The number of anilines is 1. The number of carbonyl (C=O) groups is 1. The monoisotopic (exact) mass is 293 g/mol. The molecule has 0 saturated carbocycles. The normalized spacial score (nSPS) is 10.1. The minimum Gasteiger partial charge on any atom is -0.504 e. The average molecular weight is 294 g/mol. The van der Waals surface area contributed by atoms with Crippen LogP contribution < -0.4 is 5.32 Å². The summed E-state index contributed by atoms with van der Waals surface area (Å²) < 4.78 is 0. The van der Waals surface area contributed by atoms with Crippen molar-refractivity contribution in [3.8, 4) is 5.75 Å². The number of pyridine rings is 1. The molecular formula is C12H8ClN3O4. The summed E-state index contributed by atoms with van der Waals surface area (Å²) in [6.07, 6.45) is 0.932. The lowest BCUT2D eigenvalue weighted by atomic mass is 10.2. The van der Waals surface area contributed by atoms with Gasteiger partial charge in [0.05, 0.1) is 21.6 Å². The quantitative estimate of drug-likeness (QED) is 0.668. The lowest BCUT2D eigenvalue weighted by Gasteiger charge is -2.07. The van der Waals surface area contributed by atoms with E-state index < -0.39 is 16.6 Å². The number of carbonyl (C=O) groups excluding carboxylic acids is 1. The van der Waals surface area contributed by atoms with Crippen molar-refractivity contribution >= 4 is 29.0 Å². The summed E-state index contributed by atoms with van der Waals surface area (Å²) in [5, 5.41) is 22.7. The zero-order chi connectivity index (χ0) is 14.7. The van der Waals surface area contributed by atoms with E-state index in [1.54, 1.807) is 18.2 Å². The zero-order valence-corrected chi connectivity index (χ0v) is 10.7. The van der Waals surface area contributed by atoms with E-state index in [-0.39, 0.29) is 22.1 Å². The molecule has 0 radical (unpaired) electrons. The Morgan fingerprint density at radius 2 is 2.10 bits per heavy atom. The molecule has 2 aromatic rings. The van der Waals surface area contributed by atoms with Gasteiger partial charge in [-0.1, -0.05) is 23.7 Å². The Morgan fingerprint density at radius 3 is 2.70 bits per heavy atom. The molecule has 0 unspecified atom stereocenters. The van der Waals surface area contributed by atoms with Gasteiger partial charge in [-0.3, -0.25) is 14.9 Å². The molecule has 20 heavy (non-hydrogen) atoms. The van der Waals surface area contributed by atoms with Crippen LogP contribution in [-0.4, -0.2) is 20.9 Å². The maximum Gasteiger partial charge on any atom is 0.291 e. The van der Waals surface area contributed by atoms with Crippen molar-refractivity contribution in [1.82, 2.24) is 4.98 Å². The fraction of sp³-hybridized carbons (Fsp3) is 0. The highest BCUT2D eigenvalue weighted by Gasteiger charge is 2.15. The van der Waals surface area contributed by atoms with Crippen LogP contribution in [0.2, 0.25) is 5.02 Å². The van der Waals surface area contributed by atoms with Gasteiger partial charge < -0.3 is 10.4 Å². The Hall–Kier alpha value is -2.67. The Labute approximate surface area is 118 Å². The van der Waals surface area contributed by atoms with E-state index in [9.17, 15) is 20.0 Å². The Morgan fingerprint density at radius 1 is 1.40 bits per heavy atom. The third-order valence-corrected chi connectivity index (χ3v) is 2.74. The first-order valence-corrected chi connectivity index (χ1v) is 5.76. The molecule has 0 spiro atoms. The highest BCUT2D eigenvalue weighted by atomic mass is 35.5. The summed E-state index contributed by atoms with van der Waals surface area (Å²) in [4.78, 5) is 25.4. The molecule has 0 bridgehead atoms. The molecule has 8 heteroatoms. The average Bonchev–Trinajstić information content (AvgIpc) is 2.41. The lowest BCUT2D eigenvalue weighted by molar-refractivity contribution is -0.385. The van der Waals surface area contributed by atoms with E-state index in [0.717, 1.165) is 12.3 Å². The zero-order valence-electron chi connectivity index (χ0n) is 9.91. The summed E-state index contributed by atoms with van der Waals surface area (Å²) >= 11 is 5.86. The number of aromatic hydroxyl groups is 1. The number of hydrogen-bond donors (Lipinski definition) is 2. The van der Waals surface area contributed by atoms with Crippen molar-refractivity contribution < 1.29 is 14.8 Å². The molecule has 0 atom stereocenters. The first kappa shape index (κ1) is 13.8. The molecule has 1 aromatic heterocycles. The maximum absolute atomic E-state index is 11.9. The van der Waals surface area contributed by atoms with Crippen LogP contribution >= 0.6 is 11.6 Å². The summed E-state index contributed by atoms with van der Waals surface area (Å²) in [5.41, 5.74) is -0.174. The van der Waals surface area contributed by atoms with Crippen molar-refractivity contribution in [2.75, 3.05) is 5.32 Å². The lowest BCUT2D eigenvalue weighted by Crippen LogP contribution is -2.13. The van der Waals surface area contributed by atoms with Gasteiger partial charge in [-0.25, -0.2) is 4.98 Å². The van der Waals surface area contributed by atoms with Crippen LogP contribution in [0, 0.1) is 10.1 Å². The van der Waals surface area contributed by atoms with Crippen LogP contribution in [0.25, 0.3) is 0 Å². The van der Waals surface area contributed by atoms with E-state index in [1.807, 2.05) is 0 Å². The fourth-order valence-corrected chi connectivity index (χ4v) is 1.68. The van der Waals surface area contributed by atoms with E-state index in [1.165, 1.54) is 6.07 Å². The maximum atomic E-state index is 11.9. The van der Waals surface area contributed by atoms with Crippen molar-refractivity contribution in [2.24, 2.45) is 0 Å². The molecule has 0 saturated heterocycles. The molecule has 1 aromatic carbocycles. The van der Waals surface area contributed by atoms with Crippen LogP contribution in [0.4, 0.5) is 11.5 Å². The second-order valence-electron chi connectivity index (χ2n) is 3.75. The molecule has 1 heterocycles. The highest BCUT2D eigenvalue weighted by Crippen LogP contribution is 2.26. The van der Waals surface area contributed by atoms with Crippen LogP contribution in [0.1, 0.15) is 10.4 Å². The van der Waals surface area contributed by atoms with Crippen molar-refractivity contribution in [2.45, 2.75) is 0 Å². The largest absolute Gasteiger partial charge is 0.504 e. The topological polar surface area (TPSA) is 105 Å². The summed E-state index contributed by atoms with van der Waals surface area (Å²) in [7, 11) is 0. The smallest absolute Gasteiger partial charge is 0.291 e. The summed E-state index contributed by atoms with van der Waals surface area (Å²) in [6, 6.07) is 7.24. The number of nitrogens with zero attached hydrogens (tertiary/aromatic N) is 2. The number of nitro groups is 1. The molecule has 0 aliphatic rings. The summed E-state index contributed by atoms with van der Waals surface area (Å²) in [6.45, 7) is 0. The Kier molecular flexibility index (Phi) is 3.81. The number of hydrogen-bond acceptors (Lipinski definition) is 5. The van der Waals surface area contributed by atoms with Gasteiger partial charge in [-0.05, 0) is 12.1 Å². The minimum absolute atomic E-state index is 0.180. The number of amides is 1. The van der Waals surface area contributed by atoms with Crippen LogP contribution in [-0.2, 0) is 0 Å². The SMILES string of the molecule is O=C(Nc1ncc([N+](=O)[O-])cc1O)c1ccccc1Cl. The van der Waals surface area contributed by atoms with Gasteiger partial charge in [0.15, 0.2) is 11.6 Å². The van der Waals surface area contributed by atoms with E-state index in [0.29, 0.717) is 0 Å². The predicted molar refractivity (Wildman–Crippen MR) is 72.0 cm³/mol. The molecule has 2 N–H and O–H groups in total. The first-order valence-electron chi connectivity index (χ1n) is 5.38. The number of aromatic nitrogens is 1. The van der Waals surface area contributed by atoms with Crippen LogP contribution in [0.15, 0.2) is 36.5 Å². The van der Waals surface area contributed by atoms with Gasteiger partial charge >= 0.3 is 0 Å². The van der Waals surface area contributed by atoms with Gasteiger partial charge in [-0.2, -0.15) is 0 Å².